The third-order valence-electron chi connectivity index (χ3n) is 5.14. The lowest BCUT2D eigenvalue weighted by molar-refractivity contribution is 0.0965. The minimum absolute atomic E-state index is 0. The van der Waals surface area contributed by atoms with E-state index in [1.165, 1.54) is 0 Å². The minimum Gasteiger partial charge on any atom is -0.412 e. The summed E-state index contributed by atoms with van der Waals surface area (Å²) in [6.07, 6.45) is 0. The highest BCUT2D eigenvalue weighted by Crippen LogP contribution is 2.19. The van der Waals surface area contributed by atoms with Gasteiger partial charge in [0.2, 0.25) is 11.9 Å². The molecule has 0 radical (unpaired) electrons. The molecule has 0 unspecified atom stereocenters. The van der Waals surface area contributed by atoms with E-state index >= 15 is 0 Å². The van der Waals surface area contributed by atoms with Crippen molar-refractivity contribution >= 4 is 70.1 Å². The molecule has 2 amide bonds. The van der Waals surface area contributed by atoms with Crippen molar-refractivity contribution in [2.45, 2.75) is 13.8 Å². The largest absolute Gasteiger partial charge is 0.412 e. The van der Waals surface area contributed by atoms with Crippen LogP contribution in [0.2, 0.25) is 0 Å². The number of oxime groups is 2. The fourth-order valence-electron chi connectivity index (χ4n) is 3.53. The van der Waals surface area contributed by atoms with Crippen molar-refractivity contribution in [2.75, 3.05) is 13.2 Å². The summed E-state index contributed by atoms with van der Waals surface area (Å²) >= 11 is 0. The SMILES string of the molecule is CCON=C(N)NC(=O)c1cccc2ccccc12.CCON=C(N)NC(=O)c1cccc2ccccc12.Cl.Cl.O. The molecule has 0 bridgehead atoms. The Labute approximate surface area is 250 Å². The van der Waals surface area contributed by atoms with Gasteiger partial charge in [0.15, 0.2) is 0 Å². The van der Waals surface area contributed by atoms with Crippen molar-refractivity contribution in [2.24, 2.45) is 21.8 Å². The molecule has 0 heterocycles. The lowest BCUT2D eigenvalue weighted by Gasteiger charge is -2.07. The van der Waals surface area contributed by atoms with Gasteiger partial charge in [0.25, 0.3) is 11.8 Å². The van der Waals surface area contributed by atoms with E-state index in [1.807, 2.05) is 72.8 Å². The number of halogens is 2. The maximum Gasteiger partial charge on any atom is 0.258 e. The molecule has 0 aliphatic rings. The van der Waals surface area contributed by atoms with Crippen LogP contribution in [0.5, 0.6) is 0 Å². The second kappa shape index (κ2) is 18.7. The molecule has 0 atom stereocenters. The van der Waals surface area contributed by atoms with Crippen LogP contribution in [0.1, 0.15) is 34.6 Å². The van der Waals surface area contributed by atoms with Crippen LogP contribution < -0.4 is 22.1 Å². The molecule has 4 aromatic carbocycles. The Morgan fingerprint density at radius 3 is 1.34 bits per heavy atom. The van der Waals surface area contributed by atoms with Gasteiger partial charge < -0.3 is 26.6 Å². The van der Waals surface area contributed by atoms with E-state index in [1.54, 1.807) is 26.0 Å². The van der Waals surface area contributed by atoms with Gasteiger partial charge in [-0.15, -0.1) is 24.8 Å². The van der Waals surface area contributed by atoms with E-state index in [9.17, 15) is 9.59 Å². The monoisotopic (exact) mass is 604 g/mol. The van der Waals surface area contributed by atoms with Crippen LogP contribution >= 0.6 is 24.8 Å². The smallest absolute Gasteiger partial charge is 0.258 e. The van der Waals surface area contributed by atoms with Crippen molar-refractivity contribution in [1.29, 1.82) is 0 Å². The molecule has 0 saturated carbocycles. The molecule has 0 saturated heterocycles. The van der Waals surface area contributed by atoms with Crippen molar-refractivity contribution in [1.82, 2.24) is 10.6 Å². The van der Waals surface area contributed by atoms with Gasteiger partial charge in [0, 0.05) is 11.1 Å². The number of hydrogen-bond acceptors (Lipinski definition) is 6. The second-order valence-electron chi connectivity index (χ2n) is 7.75. The zero-order chi connectivity index (χ0) is 27.3. The number of carbonyl (C=O) groups is 2. The summed E-state index contributed by atoms with van der Waals surface area (Å²) in [5.74, 6) is -0.727. The number of guanidine groups is 2. The first kappa shape index (κ1) is 36.4. The number of nitrogens with one attached hydrogen (secondary N) is 2. The second-order valence-corrected chi connectivity index (χ2v) is 7.75. The summed E-state index contributed by atoms with van der Waals surface area (Å²) in [5.41, 5.74) is 12.2. The Balaban J connectivity index is 0.000000727. The molecule has 4 aromatic rings. The van der Waals surface area contributed by atoms with Gasteiger partial charge in [-0.2, -0.15) is 0 Å². The summed E-state index contributed by atoms with van der Waals surface area (Å²) in [4.78, 5) is 33.7. The third-order valence-corrected chi connectivity index (χ3v) is 5.14. The number of amides is 2. The lowest BCUT2D eigenvalue weighted by atomic mass is 10.0. The lowest BCUT2D eigenvalue weighted by Crippen LogP contribution is -2.37. The average Bonchev–Trinajstić information content (AvgIpc) is 2.94. The summed E-state index contributed by atoms with van der Waals surface area (Å²) in [6, 6.07) is 26.3. The molecule has 8 N–H and O–H groups in total. The molecule has 220 valence electrons. The Bertz CT molecular complexity index is 1360. The first-order valence-corrected chi connectivity index (χ1v) is 11.9. The van der Waals surface area contributed by atoms with Gasteiger partial charge in [0.1, 0.15) is 13.2 Å². The van der Waals surface area contributed by atoms with E-state index in [0.29, 0.717) is 24.3 Å². The normalized spacial score (nSPS) is 10.5. The first-order valence-electron chi connectivity index (χ1n) is 11.9. The van der Waals surface area contributed by atoms with Gasteiger partial charge in [0.05, 0.1) is 0 Å². The van der Waals surface area contributed by atoms with E-state index in [2.05, 4.69) is 20.9 Å². The summed E-state index contributed by atoms with van der Waals surface area (Å²) in [7, 11) is 0. The maximum atomic E-state index is 12.1. The zero-order valence-electron chi connectivity index (χ0n) is 22.5. The van der Waals surface area contributed by atoms with Crippen LogP contribution in [-0.2, 0) is 9.68 Å². The topological polar surface area (TPSA) is 185 Å². The van der Waals surface area contributed by atoms with Gasteiger partial charge >= 0.3 is 0 Å². The molecule has 11 nitrogen and oxygen atoms in total. The molecular formula is C28H34Cl2N6O5. The van der Waals surface area contributed by atoms with Gasteiger partial charge in [-0.25, -0.2) is 0 Å². The van der Waals surface area contributed by atoms with Gasteiger partial charge in [-0.3, -0.25) is 20.2 Å². The highest BCUT2D eigenvalue weighted by Gasteiger charge is 2.11. The van der Waals surface area contributed by atoms with Crippen LogP contribution in [0.4, 0.5) is 0 Å². The number of hydrogen-bond donors (Lipinski definition) is 4. The maximum absolute atomic E-state index is 12.1. The molecule has 0 aromatic heterocycles. The van der Waals surface area contributed by atoms with Crippen molar-refractivity contribution in [3.63, 3.8) is 0 Å². The van der Waals surface area contributed by atoms with Gasteiger partial charge in [-0.1, -0.05) is 72.8 Å². The predicted octanol–water partition coefficient (Wildman–Crippen LogP) is 3.69. The van der Waals surface area contributed by atoms with Crippen LogP contribution in [0.15, 0.2) is 95.2 Å². The van der Waals surface area contributed by atoms with Crippen molar-refractivity contribution in [3.05, 3.63) is 96.1 Å². The van der Waals surface area contributed by atoms with E-state index in [0.717, 1.165) is 21.5 Å². The average molecular weight is 606 g/mol. The number of rotatable bonds is 6. The number of nitrogens with two attached hydrogens (primary N) is 2. The fraction of sp³-hybridized carbons (Fsp3) is 0.143. The van der Waals surface area contributed by atoms with Crippen LogP contribution in [0.3, 0.4) is 0 Å². The molecule has 0 aliphatic carbocycles. The molecular weight excluding hydrogens is 571 g/mol. The molecule has 0 aliphatic heterocycles. The standard InChI is InChI=1S/2C14H15N3O2.2ClH.H2O/c2*1-2-19-17-14(15)16-13(18)12-9-5-7-10-6-3-4-8-11(10)12;;;/h2*3-9H,2H2,1H3,(H3,15,16,17,18);2*1H;1H2. The van der Waals surface area contributed by atoms with Gasteiger partial charge in [-0.05, 0) is 57.8 Å². The predicted molar refractivity (Wildman–Crippen MR) is 167 cm³/mol. The quantitative estimate of drug-likeness (QED) is 0.148. The van der Waals surface area contributed by atoms with Crippen LogP contribution in [-0.4, -0.2) is 42.4 Å². The highest BCUT2D eigenvalue weighted by molar-refractivity contribution is 6.13. The van der Waals surface area contributed by atoms with Crippen molar-refractivity contribution < 1.29 is 24.7 Å². The first-order chi connectivity index (χ1) is 18.4. The molecule has 0 spiro atoms. The summed E-state index contributed by atoms with van der Waals surface area (Å²) in [6.45, 7) is 4.35. The van der Waals surface area contributed by atoms with E-state index in [-0.39, 0.29) is 54.0 Å². The highest BCUT2D eigenvalue weighted by atomic mass is 35.5. The Morgan fingerprint density at radius 2 is 0.976 bits per heavy atom. The number of nitrogens with zero attached hydrogens (tertiary/aromatic N) is 2. The third kappa shape index (κ3) is 10.5. The zero-order valence-corrected chi connectivity index (χ0v) is 24.1. The number of carbonyl (C=O) groups excluding carboxylic acids is 2. The minimum atomic E-state index is -0.308. The number of fused-ring (bicyclic) bond motifs is 2. The Kier molecular flexibility index (Phi) is 16.6. The van der Waals surface area contributed by atoms with Crippen LogP contribution in [0.25, 0.3) is 21.5 Å². The molecule has 41 heavy (non-hydrogen) atoms. The van der Waals surface area contributed by atoms with Crippen molar-refractivity contribution in [3.8, 4) is 0 Å². The van der Waals surface area contributed by atoms with E-state index in [4.69, 9.17) is 21.1 Å². The molecule has 0 fully saturated rings. The van der Waals surface area contributed by atoms with E-state index < -0.39 is 0 Å². The Hall–Kier alpha value is -4.58. The molecule has 13 heteroatoms. The van der Waals surface area contributed by atoms with Crippen LogP contribution in [0, 0.1) is 0 Å². The molecule has 4 rings (SSSR count). The fourth-order valence-corrected chi connectivity index (χ4v) is 3.53. The summed E-state index contributed by atoms with van der Waals surface area (Å²) in [5, 5.41) is 15.8. The Morgan fingerprint density at radius 1 is 0.634 bits per heavy atom. The number of benzene rings is 4. The summed E-state index contributed by atoms with van der Waals surface area (Å²) < 4.78 is 0.